The number of amides is 2. The zero-order valence-corrected chi connectivity index (χ0v) is 24.2. The number of rotatable bonds is 10. The number of halogens is 5. The largest absolute Gasteiger partial charge is 0.534 e. The minimum Gasteiger partial charge on any atom is -0.376 e. The molecule has 1 saturated carbocycles. The molecule has 7 nitrogen and oxygen atoms in total. The van der Waals surface area contributed by atoms with E-state index in [0.29, 0.717) is 51.7 Å². The summed E-state index contributed by atoms with van der Waals surface area (Å²) in [6, 6.07) is 1.73. The summed E-state index contributed by atoms with van der Waals surface area (Å²) in [5, 5.41) is 0. The van der Waals surface area contributed by atoms with Gasteiger partial charge in [-0.05, 0) is 87.6 Å². The summed E-state index contributed by atoms with van der Waals surface area (Å²) in [6.45, 7) is 3.67. The summed E-state index contributed by atoms with van der Waals surface area (Å²) in [6.07, 6.45) is 7.97. The molecule has 1 heterocycles. The lowest BCUT2D eigenvalue weighted by Crippen LogP contribution is -2.47. The Hall–Kier alpha value is -1.92. The predicted octanol–water partition coefficient (Wildman–Crippen LogP) is 5.53. The van der Waals surface area contributed by atoms with E-state index in [9.17, 15) is 35.6 Å². The number of carbonyl (C=O) groups is 2. The summed E-state index contributed by atoms with van der Waals surface area (Å²) in [5.74, 6) is -1.28. The zero-order chi connectivity index (χ0) is 28.4. The molecule has 13 heteroatoms. The van der Waals surface area contributed by atoms with E-state index in [4.69, 9.17) is 0 Å². The van der Waals surface area contributed by atoms with Gasteiger partial charge in [0.25, 0.3) is 0 Å². The first-order chi connectivity index (χ1) is 18.4. The molecule has 0 aromatic heterocycles. The topological polar surface area (TPSA) is 84.0 Å². The lowest BCUT2D eigenvalue weighted by molar-refractivity contribution is -0.153. The zero-order valence-electron chi connectivity index (χ0n) is 22.6. The van der Waals surface area contributed by atoms with Crippen LogP contribution in [0.1, 0.15) is 82.3 Å². The van der Waals surface area contributed by atoms with E-state index >= 15 is 0 Å². The highest BCUT2D eigenvalue weighted by Gasteiger charge is 2.49. The molecule has 4 rings (SSSR count). The minimum atomic E-state index is -5.89. The average molecular weight is 613 g/mol. The van der Waals surface area contributed by atoms with Crippen LogP contribution in [0.2, 0.25) is 0 Å². The van der Waals surface area contributed by atoms with Gasteiger partial charge < -0.3 is 9.08 Å². The highest BCUT2D eigenvalue weighted by molar-refractivity contribution is 7.88. The van der Waals surface area contributed by atoms with Crippen LogP contribution < -0.4 is 4.18 Å². The standard InChI is InChI=1S/C27H36F4N2O5S.ClH/c1-2-13-32(14-5-6-15-33-24(34)17-26(18-25(33)35)11-3-4-12-26)19-7-8-20-21(16-19)23(10-9-22(20)28)38-39(36,37)27(29,30)31;/h9-10,19H,2-8,11-18H2,1H3;1H/t19-;/m0./s1. The molecule has 226 valence electrons. The van der Waals surface area contributed by atoms with Gasteiger partial charge in [-0.3, -0.25) is 14.5 Å². The summed E-state index contributed by atoms with van der Waals surface area (Å²) in [5.41, 5.74) is -5.41. The van der Waals surface area contributed by atoms with E-state index in [0.717, 1.165) is 44.2 Å². The highest BCUT2D eigenvalue weighted by atomic mass is 35.5. The molecule has 1 saturated heterocycles. The number of fused-ring (bicyclic) bond motifs is 1. The number of hydrogen-bond donors (Lipinski definition) is 0. The van der Waals surface area contributed by atoms with Gasteiger partial charge in [0.1, 0.15) is 11.6 Å². The Labute approximate surface area is 239 Å². The van der Waals surface area contributed by atoms with Gasteiger partial charge in [-0.2, -0.15) is 21.6 Å². The molecule has 1 spiro atoms. The summed E-state index contributed by atoms with van der Waals surface area (Å²) >= 11 is 0. The summed E-state index contributed by atoms with van der Waals surface area (Å²) < 4.78 is 80.9. The second-order valence-corrected chi connectivity index (χ2v) is 12.7. The number of unbranched alkanes of at least 4 members (excludes halogenated alkanes) is 1. The Morgan fingerprint density at radius 2 is 1.70 bits per heavy atom. The smallest absolute Gasteiger partial charge is 0.376 e. The third-order valence-electron chi connectivity index (χ3n) is 8.40. The summed E-state index contributed by atoms with van der Waals surface area (Å²) in [7, 11) is -5.89. The second-order valence-electron chi connectivity index (χ2n) is 11.1. The Morgan fingerprint density at radius 1 is 1.05 bits per heavy atom. The minimum absolute atomic E-state index is 0. The van der Waals surface area contributed by atoms with E-state index in [1.54, 1.807) is 0 Å². The van der Waals surface area contributed by atoms with Crippen molar-refractivity contribution in [3.8, 4) is 5.75 Å². The van der Waals surface area contributed by atoms with E-state index in [1.165, 1.54) is 4.90 Å². The maximum absolute atomic E-state index is 14.5. The molecule has 1 aromatic rings. The van der Waals surface area contributed by atoms with E-state index in [-0.39, 0.29) is 59.6 Å². The molecule has 0 bridgehead atoms. The maximum Gasteiger partial charge on any atom is 0.534 e. The molecule has 0 N–H and O–H groups in total. The molecule has 2 aliphatic carbocycles. The number of hydrogen-bond acceptors (Lipinski definition) is 6. The first kappa shape index (κ1) is 32.6. The average Bonchev–Trinajstić information content (AvgIpc) is 3.30. The molecule has 2 fully saturated rings. The first-order valence-electron chi connectivity index (χ1n) is 13.7. The van der Waals surface area contributed by atoms with Crippen LogP contribution in [0.15, 0.2) is 12.1 Å². The van der Waals surface area contributed by atoms with Gasteiger partial charge in [0, 0.05) is 31.0 Å². The van der Waals surface area contributed by atoms with Crippen molar-refractivity contribution in [3.63, 3.8) is 0 Å². The van der Waals surface area contributed by atoms with Gasteiger partial charge in [-0.15, -0.1) is 12.4 Å². The lowest BCUT2D eigenvalue weighted by Gasteiger charge is -2.38. The van der Waals surface area contributed by atoms with Crippen molar-refractivity contribution < 1.29 is 39.8 Å². The molecule has 1 aliphatic heterocycles. The van der Waals surface area contributed by atoms with Crippen molar-refractivity contribution in [3.05, 3.63) is 29.1 Å². The SMILES string of the molecule is CCCN(CCCCN1C(=O)CC2(CCCC2)CC1=O)[C@H]1CCc2c(F)ccc(OS(=O)(=O)C(F)(F)F)c2C1.Cl. The Morgan fingerprint density at radius 3 is 2.30 bits per heavy atom. The second kappa shape index (κ2) is 12.9. The van der Waals surface area contributed by atoms with Gasteiger partial charge in [-0.1, -0.05) is 19.8 Å². The molecule has 0 unspecified atom stereocenters. The number of carbonyl (C=O) groups excluding carboxylic acids is 2. The van der Waals surface area contributed by atoms with Crippen molar-refractivity contribution in [1.29, 1.82) is 0 Å². The fourth-order valence-electron chi connectivity index (χ4n) is 6.45. The van der Waals surface area contributed by atoms with Crippen LogP contribution in [-0.4, -0.2) is 61.2 Å². The third-order valence-corrected chi connectivity index (χ3v) is 9.37. The Bertz CT molecular complexity index is 1170. The maximum atomic E-state index is 14.5. The molecule has 2 amide bonds. The molecular weight excluding hydrogens is 576 g/mol. The van der Waals surface area contributed by atoms with Crippen molar-refractivity contribution in [2.45, 2.75) is 95.5 Å². The predicted molar refractivity (Wildman–Crippen MR) is 143 cm³/mol. The number of imide groups is 1. The van der Waals surface area contributed by atoms with Crippen molar-refractivity contribution in [1.82, 2.24) is 9.80 Å². The normalized spacial score (nSPS) is 21.1. The van der Waals surface area contributed by atoms with Crippen molar-refractivity contribution >= 4 is 34.3 Å². The van der Waals surface area contributed by atoms with Gasteiger partial charge in [-0.25, -0.2) is 4.39 Å². The molecule has 1 aromatic carbocycles. The number of piperidine rings is 1. The number of alkyl halides is 3. The van der Waals surface area contributed by atoms with E-state index in [2.05, 4.69) is 9.08 Å². The van der Waals surface area contributed by atoms with Gasteiger partial charge in [0.05, 0.1) is 0 Å². The molecule has 1 atom stereocenters. The van der Waals surface area contributed by atoms with Crippen LogP contribution in [-0.2, 0) is 32.5 Å². The lowest BCUT2D eigenvalue weighted by atomic mass is 9.76. The van der Waals surface area contributed by atoms with Gasteiger partial charge >= 0.3 is 15.6 Å². The van der Waals surface area contributed by atoms with Gasteiger partial charge in [0.15, 0.2) is 0 Å². The van der Waals surface area contributed by atoms with Crippen LogP contribution in [0.4, 0.5) is 17.6 Å². The molecule has 3 aliphatic rings. The van der Waals surface area contributed by atoms with Crippen LogP contribution in [0.5, 0.6) is 5.75 Å². The first-order valence-corrected chi connectivity index (χ1v) is 15.1. The molecule has 0 radical (unpaired) electrons. The number of likely N-dealkylation sites (tertiary alicyclic amines) is 1. The Balaban J connectivity index is 0.00000441. The third kappa shape index (κ3) is 7.10. The van der Waals surface area contributed by atoms with Crippen LogP contribution in [0.3, 0.4) is 0 Å². The van der Waals surface area contributed by atoms with E-state index in [1.807, 2.05) is 6.92 Å². The quantitative estimate of drug-likeness (QED) is 0.114. The van der Waals surface area contributed by atoms with Gasteiger partial charge in [0.2, 0.25) is 11.8 Å². The fraction of sp³-hybridized carbons (Fsp3) is 0.704. The van der Waals surface area contributed by atoms with Crippen LogP contribution in [0, 0.1) is 11.2 Å². The van der Waals surface area contributed by atoms with Crippen molar-refractivity contribution in [2.75, 3.05) is 19.6 Å². The Kier molecular flexibility index (Phi) is 10.5. The number of benzene rings is 1. The van der Waals surface area contributed by atoms with Crippen molar-refractivity contribution in [2.24, 2.45) is 5.41 Å². The number of nitrogens with zero attached hydrogens (tertiary/aromatic N) is 2. The molecule has 40 heavy (non-hydrogen) atoms. The van der Waals surface area contributed by atoms with E-state index < -0.39 is 27.2 Å². The van der Waals surface area contributed by atoms with Crippen LogP contribution in [0.25, 0.3) is 0 Å². The van der Waals surface area contributed by atoms with Crippen LogP contribution >= 0.6 is 12.4 Å². The summed E-state index contributed by atoms with van der Waals surface area (Å²) in [4.78, 5) is 29.0. The monoisotopic (exact) mass is 612 g/mol. The molecular formula is C27H37ClF4N2O5S. The fourth-order valence-corrected chi connectivity index (χ4v) is 6.94. The highest BCUT2D eigenvalue weighted by Crippen LogP contribution is 2.47.